The number of anilines is 2. The second-order valence-corrected chi connectivity index (χ2v) is 9.32. The maximum Gasteiger partial charge on any atom is 0.338 e. The summed E-state index contributed by atoms with van der Waals surface area (Å²) in [6, 6.07) is 10.9. The van der Waals surface area contributed by atoms with Gasteiger partial charge in [-0.25, -0.2) is 18.2 Å². The fourth-order valence-electron chi connectivity index (χ4n) is 3.06. The van der Waals surface area contributed by atoms with Gasteiger partial charge in [-0.2, -0.15) is 0 Å². The van der Waals surface area contributed by atoms with E-state index in [1.807, 2.05) is 0 Å². The Balaban J connectivity index is 1.53. The molecular formula is C20H21N3O5S2. The molecule has 0 bridgehead atoms. The molecular weight excluding hydrogens is 426 g/mol. The van der Waals surface area contributed by atoms with Crippen molar-refractivity contribution in [1.82, 2.24) is 4.98 Å². The number of carbonyl (C=O) groups is 1. The van der Waals surface area contributed by atoms with Crippen molar-refractivity contribution in [2.24, 2.45) is 0 Å². The molecule has 1 aliphatic heterocycles. The summed E-state index contributed by atoms with van der Waals surface area (Å²) >= 11 is 1.52. The molecule has 0 radical (unpaired) electrons. The first-order chi connectivity index (χ1) is 14.5. The Kier molecular flexibility index (Phi) is 5.89. The zero-order valence-electron chi connectivity index (χ0n) is 16.3. The molecule has 3 aromatic rings. The second kappa shape index (κ2) is 8.58. The van der Waals surface area contributed by atoms with Gasteiger partial charge < -0.3 is 14.4 Å². The molecule has 2 heterocycles. The number of ether oxygens (including phenoxy) is 2. The third-order valence-electron chi connectivity index (χ3n) is 4.59. The van der Waals surface area contributed by atoms with E-state index >= 15 is 0 Å². The molecule has 1 N–H and O–H groups in total. The van der Waals surface area contributed by atoms with E-state index in [0.717, 1.165) is 28.4 Å². The van der Waals surface area contributed by atoms with Crippen molar-refractivity contribution >= 4 is 48.4 Å². The lowest BCUT2D eigenvalue weighted by molar-refractivity contribution is 0.0526. The smallest absolute Gasteiger partial charge is 0.338 e. The average Bonchev–Trinajstić information content (AvgIpc) is 3.18. The van der Waals surface area contributed by atoms with Crippen LogP contribution >= 0.6 is 11.3 Å². The van der Waals surface area contributed by atoms with Crippen LogP contribution in [0.5, 0.6) is 0 Å². The fourth-order valence-corrected chi connectivity index (χ4v) is 5.17. The lowest BCUT2D eigenvalue weighted by atomic mass is 10.2. The standard InChI is InChI=1S/C20H21N3O5S2/c1-2-28-19(24)14-3-6-16(7-4-14)30(25,26)22-15-5-8-17-18(13-15)29-20(21-17)23-9-11-27-12-10-23/h3-8,13,22H,2,9-12H2,1H3. The highest BCUT2D eigenvalue weighted by molar-refractivity contribution is 7.92. The van der Waals surface area contributed by atoms with Gasteiger partial charge in [-0.15, -0.1) is 0 Å². The number of hydrogen-bond donors (Lipinski definition) is 1. The molecule has 1 fully saturated rings. The minimum atomic E-state index is -3.80. The minimum absolute atomic E-state index is 0.0638. The number of thiazole rings is 1. The summed E-state index contributed by atoms with van der Waals surface area (Å²) in [5, 5.41) is 0.905. The molecule has 8 nitrogen and oxygen atoms in total. The third kappa shape index (κ3) is 4.40. The Bertz CT molecular complexity index is 1150. The Morgan fingerprint density at radius 3 is 2.63 bits per heavy atom. The van der Waals surface area contributed by atoms with E-state index in [1.54, 1.807) is 25.1 Å². The summed E-state index contributed by atoms with van der Waals surface area (Å²) in [5.41, 5.74) is 1.58. The molecule has 0 saturated carbocycles. The molecule has 30 heavy (non-hydrogen) atoms. The summed E-state index contributed by atoms with van der Waals surface area (Å²) in [7, 11) is -3.80. The Morgan fingerprint density at radius 1 is 1.20 bits per heavy atom. The topological polar surface area (TPSA) is 97.8 Å². The van der Waals surface area contributed by atoms with Crippen molar-refractivity contribution in [3.05, 3.63) is 48.0 Å². The predicted molar refractivity (Wildman–Crippen MR) is 116 cm³/mol. The number of rotatable bonds is 6. The van der Waals surface area contributed by atoms with E-state index in [2.05, 4.69) is 14.6 Å². The normalized spacial score (nSPS) is 14.6. The molecule has 0 atom stereocenters. The highest BCUT2D eigenvalue weighted by Crippen LogP contribution is 2.31. The first-order valence-electron chi connectivity index (χ1n) is 9.49. The monoisotopic (exact) mass is 447 g/mol. The number of sulfonamides is 1. The molecule has 4 rings (SSSR count). The average molecular weight is 448 g/mol. The maximum atomic E-state index is 12.7. The molecule has 10 heteroatoms. The number of benzene rings is 2. The third-order valence-corrected chi connectivity index (χ3v) is 7.06. The highest BCUT2D eigenvalue weighted by atomic mass is 32.2. The van der Waals surface area contributed by atoms with Crippen LogP contribution in [0, 0.1) is 0 Å². The number of esters is 1. The van der Waals surface area contributed by atoms with Gasteiger partial charge >= 0.3 is 5.97 Å². The number of nitrogens with one attached hydrogen (secondary N) is 1. The van der Waals surface area contributed by atoms with Crippen molar-refractivity contribution in [3.8, 4) is 0 Å². The van der Waals surface area contributed by atoms with E-state index in [0.29, 0.717) is 24.5 Å². The number of aromatic nitrogens is 1. The largest absolute Gasteiger partial charge is 0.462 e. The lowest BCUT2D eigenvalue weighted by Crippen LogP contribution is -2.36. The van der Waals surface area contributed by atoms with Crippen LogP contribution in [0.15, 0.2) is 47.4 Å². The van der Waals surface area contributed by atoms with Gasteiger partial charge in [0.05, 0.1) is 46.2 Å². The number of morpholine rings is 1. The number of fused-ring (bicyclic) bond motifs is 1. The molecule has 2 aromatic carbocycles. The van der Waals surface area contributed by atoms with Gasteiger partial charge in [0, 0.05) is 13.1 Å². The SMILES string of the molecule is CCOC(=O)c1ccc(S(=O)(=O)Nc2ccc3nc(N4CCOCC4)sc3c2)cc1. The van der Waals surface area contributed by atoms with Gasteiger partial charge in [-0.05, 0) is 49.4 Å². The first kappa shape index (κ1) is 20.6. The van der Waals surface area contributed by atoms with E-state index in [1.165, 1.54) is 35.6 Å². The summed E-state index contributed by atoms with van der Waals surface area (Å²) in [5.74, 6) is -0.485. The van der Waals surface area contributed by atoms with Crippen molar-refractivity contribution < 1.29 is 22.7 Å². The molecule has 158 valence electrons. The van der Waals surface area contributed by atoms with Crippen LogP contribution in [0.1, 0.15) is 17.3 Å². The van der Waals surface area contributed by atoms with Crippen LogP contribution in [0.4, 0.5) is 10.8 Å². The second-order valence-electron chi connectivity index (χ2n) is 6.63. The van der Waals surface area contributed by atoms with Crippen LogP contribution in [-0.2, 0) is 19.5 Å². The van der Waals surface area contributed by atoms with Gasteiger partial charge in [0.1, 0.15) is 0 Å². The summed E-state index contributed by atoms with van der Waals surface area (Å²) in [6.45, 7) is 4.91. The van der Waals surface area contributed by atoms with Crippen molar-refractivity contribution in [2.45, 2.75) is 11.8 Å². The zero-order chi connectivity index (χ0) is 21.1. The Morgan fingerprint density at radius 2 is 1.93 bits per heavy atom. The van der Waals surface area contributed by atoms with Gasteiger partial charge in [0.2, 0.25) is 0 Å². The van der Waals surface area contributed by atoms with Crippen LogP contribution in [0.2, 0.25) is 0 Å². The van der Waals surface area contributed by atoms with E-state index in [9.17, 15) is 13.2 Å². The number of carbonyl (C=O) groups excluding carboxylic acids is 1. The quantitative estimate of drug-likeness (QED) is 0.580. The lowest BCUT2D eigenvalue weighted by Gasteiger charge is -2.25. The summed E-state index contributed by atoms with van der Waals surface area (Å²) < 4.78 is 39.3. The zero-order valence-corrected chi connectivity index (χ0v) is 18.0. The molecule has 1 saturated heterocycles. The summed E-state index contributed by atoms with van der Waals surface area (Å²) in [6.07, 6.45) is 0. The van der Waals surface area contributed by atoms with Crippen molar-refractivity contribution in [3.63, 3.8) is 0 Å². The van der Waals surface area contributed by atoms with Crippen LogP contribution in [0.3, 0.4) is 0 Å². The van der Waals surface area contributed by atoms with Crippen molar-refractivity contribution in [2.75, 3.05) is 42.5 Å². The molecule has 1 aromatic heterocycles. The van der Waals surface area contributed by atoms with E-state index in [4.69, 9.17) is 9.47 Å². The number of nitrogens with zero attached hydrogens (tertiary/aromatic N) is 2. The molecule has 0 spiro atoms. The maximum absolute atomic E-state index is 12.7. The number of hydrogen-bond acceptors (Lipinski definition) is 8. The van der Waals surface area contributed by atoms with Crippen LogP contribution in [0.25, 0.3) is 10.2 Å². The predicted octanol–water partition coefficient (Wildman–Crippen LogP) is 3.11. The first-order valence-corrected chi connectivity index (χ1v) is 11.8. The van der Waals surface area contributed by atoms with Crippen LogP contribution in [-0.4, -0.2) is 52.3 Å². The fraction of sp³-hybridized carbons (Fsp3) is 0.300. The molecule has 0 amide bonds. The van der Waals surface area contributed by atoms with E-state index in [-0.39, 0.29) is 11.5 Å². The van der Waals surface area contributed by atoms with Gasteiger partial charge in [-0.3, -0.25) is 4.72 Å². The Hall–Kier alpha value is -2.69. The molecule has 0 aliphatic carbocycles. The molecule has 0 unspecified atom stereocenters. The van der Waals surface area contributed by atoms with E-state index < -0.39 is 16.0 Å². The minimum Gasteiger partial charge on any atom is -0.462 e. The van der Waals surface area contributed by atoms with Crippen LogP contribution < -0.4 is 9.62 Å². The molecule has 1 aliphatic rings. The van der Waals surface area contributed by atoms with Gasteiger partial charge in [0.15, 0.2) is 5.13 Å². The van der Waals surface area contributed by atoms with Gasteiger partial charge in [0.25, 0.3) is 10.0 Å². The summed E-state index contributed by atoms with van der Waals surface area (Å²) in [4.78, 5) is 18.6. The van der Waals surface area contributed by atoms with Crippen molar-refractivity contribution in [1.29, 1.82) is 0 Å². The highest BCUT2D eigenvalue weighted by Gasteiger charge is 2.18. The van der Waals surface area contributed by atoms with Gasteiger partial charge in [-0.1, -0.05) is 11.3 Å². The Labute approximate surface area is 178 Å².